The van der Waals surface area contributed by atoms with Gasteiger partial charge in [0, 0.05) is 29.3 Å². The quantitative estimate of drug-likeness (QED) is 0.162. The monoisotopic (exact) mass is 618 g/mol. The van der Waals surface area contributed by atoms with Crippen LogP contribution in [0.2, 0.25) is 0 Å². The van der Waals surface area contributed by atoms with Crippen molar-refractivity contribution in [2.45, 2.75) is 13.3 Å². The van der Waals surface area contributed by atoms with E-state index in [0.29, 0.717) is 12.1 Å². The van der Waals surface area contributed by atoms with Gasteiger partial charge in [-0.3, -0.25) is 33.7 Å². The first-order valence-electron chi connectivity index (χ1n) is 14.9. The highest BCUT2D eigenvalue weighted by molar-refractivity contribution is 6.35. The van der Waals surface area contributed by atoms with Crippen LogP contribution in [0.1, 0.15) is 90.0 Å². The number of aryl methyl sites for hydroxylation is 1. The number of benzene rings is 5. The van der Waals surface area contributed by atoms with Crippen LogP contribution in [-0.4, -0.2) is 47.1 Å². The molecule has 2 aliphatic rings. The summed E-state index contributed by atoms with van der Waals surface area (Å²) in [5, 5.41) is 0. The molecule has 2 heterocycles. The van der Waals surface area contributed by atoms with Crippen molar-refractivity contribution in [3.05, 3.63) is 170 Å². The minimum Gasteiger partial charge on any atom is -0.289 e. The van der Waals surface area contributed by atoms with Crippen molar-refractivity contribution in [1.82, 2.24) is 4.90 Å². The summed E-state index contributed by atoms with van der Waals surface area (Å²) in [7, 11) is 1.38. The highest BCUT2D eigenvalue weighted by Gasteiger charge is 2.37. The number of anilines is 1. The van der Waals surface area contributed by atoms with Gasteiger partial charge < -0.3 is 0 Å². The van der Waals surface area contributed by atoms with Gasteiger partial charge in [-0.25, -0.2) is 4.90 Å². The molecular formula is C39H26N2O6. The van der Waals surface area contributed by atoms with Crippen molar-refractivity contribution in [3.63, 3.8) is 0 Å². The van der Waals surface area contributed by atoms with E-state index < -0.39 is 35.2 Å². The van der Waals surface area contributed by atoms with Crippen molar-refractivity contribution in [1.29, 1.82) is 0 Å². The molecule has 0 radical (unpaired) electrons. The van der Waals surface area contributed by atoms with Crippen molar-refractivity contribution >= 4 is 40.9 Å². The fourth-order valence-electron chi connectivity index (χ4n) is 5.96. The summed E-state index contributed by atoms with van der Waals surface area (Å²) < 4.78 is 0. The van der Waals surface area contributed by atoms with E-state index in [2.05, 4.69) is 24.3 Å². The Kier molecular flexibility index (Phi) is 7.05. The molecule has 2 aliphatic heterocycles. The van der Waals surface area contributed by atoms with Crippen LogP contribution >= 0.6 is 0 Å². The Morgan fingerprint density at radius 1 is 0.511 bits per heavy atom. The molecule has 5 aromatic carbocycles. The van der Waals surface area contributed by atoms with Gasteiger partial charge in [-0.2, -0.15) is 0 Å². The molecule has 0 aliphatic carbocycles. The van der Waals surface area contributed by atoms with Crippen LogP contribution in [0.25, 0.3) is 0 Å². The molecule has 8 heteroatoms. The Labute approximate surface area is 269 Å². The first-order valence-corrected chi connectivity index (χ1v) is 14.9. The predicted molar refractivity (Wildman–Crippen MR) is 174 cm³/mol. The second kappa shape index (κ2) is 11.3. The van der Waals surface area contributed by atoms with Crippen molar-refractivity contribution < 1.29 is 28.8 Å². The summed E-state index contributed by atoms with van der Waals surface area (Å²) in [5.74, 6) is -2.76. The van der Waals surface area contributed by atoms with E-state index in [4.69, 9.17) is 0 Å². The van der Waals surface area contributed by atoms with Crippen LogP contribution in [0, 0.1) is 6.92 Å². The molecular weight excluding hydrogens is 592 g/mol. The SMILES string of the molecule is Cc1ccc(Cc2ccc(N3C(=O)c4ccc(C(=O)c5cccc(C(=O)c6ccc7c(c6)C(=O)N(C)C7=O)c5)cc4C3=O)cc2)cc1. The second-order valence-corrected chi connectivity index (χ2v) is 11.7. The molecule has 0 spiro atoms. The lowest BCUT2D eigenvalue weighted by molar-refractivity contribution is 0.0691. The van der Waals surface area contributed by atoms with Crippen LogP contribution in [0.4, 0.5) is 5.69 Å². The molecule has 5 aromatic rings. The number of hydrogen-bond acceptors (Lipinski definition) is 6. The van der Waals surface area contributed by atoms with Gasteiger partial charge in [0.15, 0.2) is 11.6 Å². The summed E-state index contributed by atoms with van der Waals surface area (Å²) in [6, 6.07) is 30.4. The Morgan fingerprint density at radius 2 is 0.957 bits per heavy atom. The lowest BCUT2D eigenvalue weighted by Gasteiger charge is -2.14. The van der Waals surface area contributed by atoms with Gasteiger partial charge in [0.1, 0.15) is 0 Å². The largest absolute Gasteiger partial charge is 0.289 e. The van der Waals surface area contributed by atoms with E-state index in [9.17, 15) is 28.8 Å². The zero-order valence-electron chi connectivity index (χ0n) is 25.4. The molecule has 7 rings (SSSR count). The summed E-state index contributed by atoms with van der Waals surface area (Å²) in [6.07, 6.45) is 0.715. The molecule has 0 aromatic heterocycles. The molecule has 0 bridgehead atoms. The third-order valence-corrected chi connectivity index (χ3v) is 8.61. The molecule has 0 unspecified atom stereocenters. The second-order valence-electron chi connectivity index (χ2n) is 11.7. The Hall–Kier alpha value is -6.28. The average Bonchev–Trinajstić information content (AvgIpc) is 3.48. The first kappa shape index (κ1) is 29.4. The summed E-state index contributed by atoms with van der Waals surface area (Å²) in [5.41, 5.74) is 5.34. The Morgan fingerprint density at radius 3 is 1.53 bits per heavy atom. The number of ketones is 2. The van der Waals surface area contributed by atoms with Gasteiger partial charge in [-0.05, 0) is 66.9 Å². The van der Waals surface area contributed by atoms with Gasteiger partial charge in [-0.1, -0.05) is 72.3 Å². The van der Waals surface area contributed by atoms with Gasteiger partial charge in [0.05, 0.1) is 27.9 Å². The molecule has 0 atom stereocenters. The zero-order valence-corrected chi connectivity index (χ0v) is 25.4. The summed E-state index contributed by atoms with van der Waals surface area (Å²) >= 11 is 0. The lowest BCUT2D eigenvalue weighted by Crippen LogP contribution is -2.29. The van der Waals surface area contributed by atoms with Gasteiger partial charge in [0.25, 0.3) is 23.6 Å². The number of hydrogen-bond donors (Lipinski definition) is 0. The molecule has 4 amide bonds. The fraction of sp³-hybridized carbons (Fsp3) is 0.0769. The standard InChI is InChI=1S/C39H26N2O6/c1-22-6-8-23(9-7-22)18-24-10-14-29(15-11-24)41-38(46)31-17-13-28(21-33(31)39(41)47)35(43)26-5-3-4-25(19-26)34(42)27-12-16-30-32(20-27)37(45)40(2)36(30)44/h3-17,19-21H,18H2,1-2H3. The summed E-state index contributed by atoms with van der Waals surface area (Å²) in [6.45, 7) is 2.03. The molecule has 0 saturated carbocycles. The van der Waals surface area contributed by atoms with Crippen LogP contribution in [0.3, 0.4) is 0 Å². The summed E-state index contributed by atoms with van der Waals surface area (Å²) in [4.78, 5) is 80.4. The maximum Gasteiger partial charge on any atom is 0.266 e. The van der Waals surface area contributed by atoms with Crippen LogP contribution in [0.15, 0.2) is 109 Å². The van der Waals surface area contributed by atoms with Crippen molar-refractivity contribution in [3.8, 4) is 0 Å². The minimum absolute atomic E-state index is 0.124. The molecule has 8 nitrogen and oxygen atoms in total. The smallest absolute Gasteiger partial charge is 0.266 e. The number of nitrogens with zero attached hydrogens (tertiary/aromatic N) is 2. The van der Waals surface area contributed by atoms with E-state index in [1.807, 2.05) is 19.1 Å². The van der Waals surface area contributed by atoms with Crippen LogP contribution in [-0.2, 0) is 6.42 Å². The van der Waals surface area contributed by atoms with Crippen LogP contribution in [0.5, 0.6) is 0 Å². The molecule has 47 heavy (non-hydrogen) atoms. The number of carbonyl (C=O) groups excluding carboxylic acids is 6. The molecule has 0 fully saturated rings. The van der Waals surface area contributed by atoms with E-state index in [1.54, 1.807) is 30.3 Å². The van der Waals surface area contributed by atoms with E-state index in [0.717, 1.165) is 20.9 Å². The molecule has 0 N–H and O–H groups in total. The van der Waals surface area contributed by atoms with Gasteiger partial charge in [-0.15, -0.1) is 0 Å². The maximum absolute atomic E-state index is 13.6. The van der Waals surface area contributed by atoms with E-state index in [1.165, 1.54) is 55.1 Å². The van der Waals surface area contributed by atoms with Crippen LogP contribution < -0.4 is 4.90 Å². The van der Waals surface area contributed by atoms with Gasteiger partial charge >= 0.3 is 0 Å². The first-order chi connectivity index (χ1) is 22.6. The number of fused-ring (bicyclic) bond motifs is 2. The molecule has 228 valence electrons. The highest BCUT2D eigenvalue weighted by atomic mass is 16.2. The van der Waals surface area contributed by atoms with E-state index in [-0.39, 0.29) is 44.5 Å². The number of rotatable bonds is 7. The predicted octanol–water partition coefficient (Wildman–Crippen LogP) is 6.07. The zero-order chi connectivity index (χ0) is 33.0. The topological polar surface area (TPSA) is 109 Å². The number of carbonyl (C=O) groups is 6. The van der Waals surface area contributed by atoms with Crippen molar-refractivity contribution in [2.24, 2.45) is 0 Å². The number of amides is 4. The normalized spacial score (nSPS) is 13.7. The molecule has 0 saturated heterocycles. The fourth-order valence-corrected chi connectivity index (χ4v) is 5.96. The third kappa shape index (κ3) is 5.06. The maximum atomic E-state index is 13.6. The van der Waals surface area contributed by atoms with Crippen molar-refractivity contribution in [2.75, 3.05) is 11.9 Å². The third-order valence-electron chi connectivity index (χ3n) is 8.61. The Bertz CT molecular complexity index is 2200. The average molecular weight is 619 g/mol. The highest BCUT2D eigenvalue weighted by Crippen LogP contribution is 2.31. The Balaban J connectivity index is 1.10. The minimum atomic E-state index is -0.523. The van der Waals surface area contributed by atoms with E-state index >= 15 is 0 Å². The number of imide groups is 2. The van der Waals surface area contributed by atoms with Gasteiger partial charge in [0.2, 0.25) is 0 Å². The lowest BCUT2D eigenvalue weighted by atomic mass is 9.95.